The molecule has 80 valence electrons. The van der Waals surface area contributed by atoms with Gasteiger partial charge in [0.05, 0.1) is 4.92 Å². The van der Waals surface area contributed by atoms with Crippen LogP contribution in [0, 0.1) is 10.1 Å². The number of phenolic OH excluding ortho intramolecular Hbond substituents is 1. The third kappa shape index (κ3) is 2.77. The first kappa shape index (κ1) is 11.2. The molecule has 1 aromatic carbocycles. The molecular formula is C10H12N2O3. The van der Waals surface area contributed by atoms with E-state index < -0.39 is 4.92 Å². The van der Waals surface area contributed by atoms with Gasteiger partial charge in [-0.3, -0.25) is 15.1 Å². The second kappa shape index (κ2) is 5.09. The van der Waals surface area contributed by atoms with Gasteiger partial charge in [-0.25, -0.2) is 0 Å². The highest BCUT2D eigenvalue weighted by atomic mass is 16.6. The van der Waals surface area contributed by atoms with Gasteiger partial charge in [0.1, 0.15) is 0 Å². The number of para-hydroxylation sites is 1. The quantitative estimate of drug-likeness (QED) is 0.467. The van der Waals surface area contributed by atoms with Crippen molar-refractivity contribution in [1.82, 2.24) is 0 Å². The van der Waals surface area contributed by atoms with Crippen LogP contribution in [0.1, 0.15) is 18.9 Å². The van der Waals surface area contributed by atoms with Gasteiger partial charge in [-0.15, -0.1) is 0 Å². The molecule has 5 nitrogen and oxygen atoms in total. The van der Waals surface area contributed by atoms with Gasteiger partial charge in [0.15, 0.2) is 0 Å². The highest BCUT2D eigenvalue weighted by molar-refractivity contribution is 5.85. The molecule has 0 fully saturated rings. The molecule has 0 aliphatic carbocycles. The lowest BCUT2D eigenvalue weighted by molar-refractivity contribution is -0.385. The maximum Gasteiger partial charge on any atom is 0.311 e. The van der Waals surface area contributed by atoms with E-state index in [1.807, 2.05) is 6.92 Å². The van der Waals surface area contributed by atoms with Crippen LogP contribution in [0.2, 0.25) is 0 Å². The average molecular weight is 208 g/mol. The molecule has 1 aromatic rings. The van der Waals surface area contributed by atoms with Crippen molar-refractivity contribution >= 4 is 11.9 Å². The van der Waals surface area contributed by atoms with E-state index in [1.54, 1.807) is 6.07 Å². The van der Waals surface area contributed by atoms with Gasteiger partial charge < -0.3 is 5.11 Å². The zero-order chi connectivity index (χ0) is 11.3. The maximum absolute atomic E-state index is 10.5. The van der Waals surface area contributed by atoms with Gasteiger partial charge in [0.25, 0.3) is 0 Å². The molecular weight excluding hydrogens is 196 g/mol. The van der Waals surface area contributed by atoms with Crippen molar-refractivity contribution in [3.05, 3.63) is 33.9 Å². The summed E-state index contributed by atoms with van der Waals surface area (Å²) in [5.41, 5.74) is 0.0769. The average Bonchev–Trinajstić information content (AvgIpc) is 2.20. The Kier molecular flexibility index (Phi) is 3.79. The Hall–Kier alpha value is -1.91. The van der Waals surface area contributed by atoms with Gasteiger partial charge in [-0.05, 0) is 12.5 Å². The van der Waals surface area contributed by atoms with Crippen LogP contribution < -0.4 is 0 Å². The van der Waals surface area contributed by atoms with Crippen molar-refractivity contribution in [3.63, 3.8) is 0 Å². The Morgan fingerprint density at radius 1 is 1.60 bits per heavy atom. The van der Waals surface area contributed by atoms with Crippen molar-refractivity contribution in [2.45, 2.75) is 13.3 Å². The molecule has 0 atom stereocenters. The fourth-order valence-electron chi connectivity index (χ4n) is 1.09. The van der Waals surface area contributed by atoms with Crippen LogP contribution >= 0.6 is 0 Å². The largest absolute Gasteiger partial charge is 0.502 e. The number of rotatable bonds is 4. The van der Waals surface area contributed by atoms with Gasteiger partial charge in [0, 0.05) is 24.4 Å². The summed E-state index contributed by atoms with van der Waals surface area (Å²) in [4.78, 5) is 13.9. The molecule has 0 bridgehead atoms. The summed E-state index contributed by atoms with van der Waals surface area (Å²) in [7, 11) is 0. The number of benzene rings is 1. The maximum atomic E-state index is 10.5. The third-order valence-corrected chi connectivity index (χ3v) is 1.83. The monoisotopic (exact) mass is 208 g/mol. The molecule has 5 heteroatoms. The minimum Gasteiger partial charge on any atom is -0.502 e. The number of hydrogen-bond donors (Lipinski definition) is 1. The zero-order valence-electron chi connectivity index (χ0n) is 8.38. The number of nitrogens with zero attached hydrogens (tertiary/aromatic N) is 2. The first-order valence-corrected chi connectivity index (χ1v) is 4.63. The summed E-state index contributed by atoms with van der Waals surface area (Å²) in [5, 5.41) is 20.0. The van der Waals surface area contributed by atoms with Crippen LogP contribution in [0.25, 0.3) is 0 Å². The molecule has 1 rings (SSSR count). The lowest BCUT2D eigenvalue weighted by Crippen LogP contribution is -1.92. The van der Waals surface area contributed by atoms with E-state index in [0.717, 1.165) is 6.42 Å². The Balaban J connectivity index is 2.99. The Morgan fingerprint density at radius 3 is 2.93 bits per heavy atom. The highest BCUT2D eigenvalue weighted by Gasteiger charge is 2.14. The van der Waals surface area contributed by atoms with Gasteiger partial charge >= 0.3 is 5.69 Å². The highest BCUT2D eigenvalue weighted by Crippen LogP contribution is 2.27. The van der Waals surface area contributed by atoms with Crippen LogP contribution in [-0.4, -0.2) is 22.8 Å². The summed E-state index contributed by atoms with van der Waals surface area (Å²) < 4.78 is 0. The van der Waals surface area contributed by atoms with E-state index in [1.165, 1.54) is 18.3 Å². The smallest absolute Gasteiger partial charge is 0.311 e. The molecule has 0 amide bonds. The van der Waals surface area contributed by atoms with Gasteiger partial charge in [-0.2, -0.15) is 0 Å². The van der Waals surface area contributed by atoms with Crippen LogP contribution in [0.15, 0.2) is 23.2 Å². The Morgan fingerprint density at radius 2 is 2.33 bits per heavy atom. The fourth-order valence-corrected chi connectivity index (χ4v) is 1.09. The van der Waals surface area contributed by atoms with Crippen LogP contribution in [0.5, 0.6) is 5.75 Å². The molecule has 0 radical (unpaired) electrons. The van der Waals surface area contributed by atoms with Crippen molar-refractivity contribution < 1.29 is 10.0 Å². The van der Waals surface area contributed by atoms with Crippen molar-refractivity contribution in [3.8, 4) is 5.75 Å². The van der Waals surface area contributed by atoms with Crippen LogP contribution in [0.3, 0.4) is 0 Å². The molecule has 0 aromatic heterocycles. The summed E-state index contributed by atoms with van der Waals surface area (Å²) in [6.07, 6.45) is 2.35. The molecule has 0 saturated carbocycles. The van der Waals surface area contributed by atoms with E-state index in [9.17, 15) is 15.2 Å². The molecule has 0 aliphatic rings. The van der Waals surface area contributed by atoms with Gasteiger partial charge in [0.2, 0.25) is 5.75 Å². The standard InChI is InChI=1S/C10H12N2O3/c1-2-6-11-7-8-4-3-5-9(10(8)13)12(14)15/h3-5,7,13H,2,6H2,1H3. The fraction of sp³-hybridized carbons (Fsp3) is 0.300. The predicted octanol–water partition coefficient (Wildman–Crippen LogP) is 2.13. The second-order valence-corrected chi connectivity index (χ2v) is 3.01. The minimum atomic E-state index is -0.619. The predicted molar refractivity (Wildman–Crippen MR) is 57.5 cm³/mol. The summed E-state index contributed by atoms with van der Waals surface area (Å²) in [6.45, 7) is 2.62. The second-order valence-electron chi connectivity index (χ2n) is 3.01. The molecule has 15 heavy (non-hydrogen) atoms. The number of hydrogen-bond acceptors (Lipinski definition) is 4. The zero-order valence-corrected chi connectivity index (χ0v) is 8.38. The summed E-state index contributed by atoms with van der Waals surface area (Å²) in [6, 6.07) is 4.36. The molecule has 0 aliphatic heterocycles. The topological polar surface area (TPSA) is 75.7 Å². The van der Waals surface area contributed by atoms with E-state index in [-0.39, 0.29) is 11.4 Å². The lowest BCUT2D eigenvalue weighted by Gasteiger charge is -1.98. The normalized spacial score (nSPS) is 10.7. The Bertz CT molecular complexity index is 388. The van der Waals surface area contributed by atoms with E-state index in [2.05, 4.69) is 4.99 Å². The van der Waals surface area contributed by atoms with Gasteiger partial charge in [-0.1, -0.05) is 13.0 Å². The minimum absolute atomic E-state index is 0.296. The number of nitro benzene ring substituents is 1. The summed E-state index contributed by atoms with van der Waals surface area (Å²) in [5.74, 6) is -0.331. The van der Waals surface area contributed by atoms with Crippen LogP contribution in [0.4, 0.5) is 5.69 Å². The van der Waals surface area contributed by atoms with E-state index in [0.29, 0.717) is 12.1 Å². The van der Waals surface area contributed by atoms with E-state index in [4.69, 9.17) is 0 Å². The van der Waals surface area contributed by atoms with Crippen LogP contribution in [-0.2, 0) is 0 Å². The number of nitro groups is 1. The van der Waals surface area contributed by atoms with Crippen molar-refractivity contribution in [2.75, 3.05) is 6.54 Å². The number of aromatic hydroxyl groups is 1. The molecule has 0 unspecified atom stereocenters. The first-order valence-electron chi connectivity index (χ1n) is 4.63. The number of aliphatic imine (C=N–C) groups is 1. The molecule has 0 saturated heterocycles. The number of phenols is 1. The summed E-state index contributed by atoms with van der Waals surface area (Å²) >= 11 is 0. The Labute approximate surface area is 87.2 Å². The molecule has 0 spiro atoms. The molecule has 1 N–H and O–H groups in total. The third-order valence-electron chi connectivity index (χ3n) is 1.83. The SMILES string of the molecule is CCCN=Cc1cccc([N+](=O)[O-])c1O. The van der Waals surface area contributed by atoms with Crippen molar-refractivity contribution in [1.29, 1.82) is 0 Å². The van der Waals surface area contributed by atoms with Crippen molar-refractivity contribution in [2.24, 2.45) is 4.99 Å². The lowest BCUT2D eigenvalue weighted by atomic mass is 10.2. The molecule has 0 heterocycles. The first-order chi connectivity index (χ1) is 7.16. The van der Waals surface area contributed by atoms with E-state index >= 15 is 0 Å².